The van der Waals surface area contributed by atoms with Gasteiger partial charge in [-0.05, 0) is 30.5 Å². The van der Waals surface area contributed by atoms with Crippen LogP contribution in [0.4, 0.5) is 13.2 Å². The van der Waals surface area contributed by atoms with Crippen LogP contribution in [-0.4, -0.2) is 46.0 Å². The predicted octanol–water partition coefficient (Wildman–Crippen LogP) is 2.47. The van der Waals surface area contributed by atoms with Crippen LogP contribution >= 0.6 is 0 Å². The van der Waals surface area contributed by atoms with Gasteiger partial charge in [0.1, 0.15) is 11.2 Å². The molecule has 1 unspecified atom stereocenters. The van der Waals surface area contributed by atoms with Gasteiger partial charge in [0.2, 0.25) is 0 Å². The molecule has 166 valence electrons. The Labute approximate surface area is 176 Å². The van der Waals surface area contributed by atoms with Gasteiger partial charge in [-0.3, -0.25) is 14.0 Å². The Kier molecular flexibility index (Phi) is 5.65. The van der Waals surface area contributed by atoms with Gasteiger partial charge in [0.15, 0.2) is 11.5 Å². The fourth-order valence-corrected chi connectivity index (χ4v) is 4.33. The molecular formula is C19H19F3N4O4S. The molecule has 3 heterocycles. The van der Waals surface area contributed by atoms with Gasteiger partial charge < -0.3 is 15.1 Å². The Morgan fingerprint density at radius 2 is 1.94 bits per heavy atom. The summed E-state index contributed by atoms with van der Waals surface area (Å²) in [5.41, 5.74) is -0.987. The van der Waals surface area contributed by atoms with Crippen molar-refractivity contribution in [2.45, 2.75) is 36.3 Å². The minimum Gasteiger partial charge on any atom is -0.481 e. The smallest absolute Gasteiger partial charge is 0.417 e. The van der Waals surface area contributed by atoms with Gasteiger partial charge in [-0.25, -0.2) is 9.97 Å². The van der Waals surface area contributed by atoms with E-state index in [0.717, 1.165) is 12.3 Å². The number of fused-ring (bicyclic) bond motifs is 1. The quantitative estimate of drug-likeness (QED) is 0.628. The van der Waals surface area contributed by atoms with Gasteiger partial charge in [-0.2, -0.15) is 13.2 Å². The Morgan fingerprint density at radius 1 is 1.26 bits per heavy atom. The SMILES string of the molecule is CCS(=O)c1cc(C2(C(=O)O)CC2)cnc1-c1nc2cc(C(F)(F)F)cnc2n1C.O. The summed E-state index contributed by atoms with van der Waals surface area (Å²) >= 11 is 0. The van der Waals surface area contributed by atoms with E-state index in [-0.39, 0.29) is 33.9 Å². The largest absolute Gasteiger partial charge is 0.481 e. The number of aromatic nitrogens is 4. The maximum absolute atomic E-state index is 13.0. The van der Waals surface area contributed by atoms with Crippen molar-refractivity contribution in [3.05, 3.63) is 35.7 Å². The van der Waals surface area contributed by atoms with Gasteiger partial charge in [0.25, 0.3) is 0 Å². The second kappa shape index (κ2) is 7.68. The van der Waals surface area contributed by atoms with E-state index in [9.17, 15) is 27.3 Å². The van der Waals surface area contributed by atoms with E-state index in [1.807, 2.05) is 0 Å². The summed E-state index contributed by atoms with van der Waals surface area (Å²) in [5.74, 6) is -0.490. The third-order valence-electron chi connectivity index (χ3n) is 5.32. The van der Waals surface area contributed by atoms with Crippen molar-refractivity contribution in [2.75, 3.05) is 5.75 Å². The first kappa shape index (κ1) is 22.8. The standard InChI is InChI=1S/C19H17F3N4O3S.H2O/c1-3-30(29)13-7-10(18(4-5-18)17(27)28)8-23-14(13)16-25-12-6-11(19(20,21)22)9-24-15(12)26(16)2;/h6-9H,3-5H2,1-2H3,(H,27,28);1H2. The van der Waals surface area contributed by atoms with E-state index in [4.69, 9.17) is 0 Å². The molecule has 1 aliphatic rings. The average Bonchev–Trinajstić information content (AvgIpc) is 3.46. The third kappa shape index (κ3) is 3.69. The van der Waals surface area contributed by atoms with Crippen molar-refractivity contribution in [1.29, 1.82) is 0 Å². The number of halogens is 3. The zero-order chi connectivity index (χ0) is 21.8. The highest BCUT2D eigenvalue weighted by Gasteiger charge is 2.52. The summed E-state index contributed by atoms with van der Waals surface area (Å²) in [6, 6.07) is 2.47. The van der Waals surface area contributed by atoms with Crippen LogP contribution in [0, 0.1) is 0 Å². The lowest BCUT2D eigenvalue weighted by atomic mass is 9.98. The molecule has 31 heavy (non-hydrogen) atoms. The Balaban J connectivity index is 0.00000272. The van der Waals surface area contributed by atoms with Crippen molar-refractivity contribution in [2.24, 2.45) is 7.05 Å². The summed E-state index contributed by atoms with van der Waals surface area (Å²) in [6.07, 6.45) is -1.46. The lowest BCUT2D eigenvalue weighted by Gasteiger charge is -2.14. The first-order valence-electron chi connectivity index (χ1n) is 9.11. The Bertz CT molecular complexity index is 1200. The summed E-state index contributed by atoms with van der Waals surface area (Å²) in [7, 11) is 0.0916. The summed E-state index contributed by atoms with van der Waals surface area (Å²) in [5, 5.41) is 9.54. The van der Waals surface area contributed by atoms with Crippen LogP contribution in [0.1, 0.15) is 30.9 Å². The number of nitrogens with zero attached hydrogens (tertiary/aromatic N) is 4. The van der Waals surface area contributed by atoms with Crippen molar-refractivity contribution in [3.8, 4) is 11.5 Å². The predicted molar refractivity (Wildman–Crippen MR) is 106 cm³/mol. The number of carbonyl (C=O) groups is 1. The minimum absolute atomic E-state index is 0. The number of carboxylic acids is 1. The summed E-state index contributed by atoms with van der Waals surface area (Å²) in [6.45, 7) is 1.71. The molecule has 1 saturated carbocycles. The molecule has 4 rings (SSSR count). The Hall–Kier alpha value is -2.86. The molecular weight excluding hydrogens is 437 g/mol. The van der Waals surface area contributed by atoms with E-state index in [2.05, 4.69) is 15.0 Å². The molecule has 1 aliphatic carbocycles. The molecule has 0 radical (unpaired) electrons. The van der Waals surface area contributed by atoms with Crippen molar-refractivity contribution in [3.63, 3.8) is 0 Å². The molecule has 0 saturated heterocycles. The first-order chi connectivity index (χ1) is 14.1. The molecule has 3 aromatic rings. The van der Waals surface area contributed by atoms with Crippen molar-refractivity contribution >= 4 is 27.9 Å². The average molecular weight is 456 g/mol. The van der Waals surface area contributed by atoms with Crippen molar-refractivity contribution in [1.82, 2.24) is 19.5 Å². The number of alkyl halides is 3. The van der Waals surface area contributed by atoms with E-state index < -0.39 is 33.9 Å². The molecule has 0 aromatic carbocycles. The molecule has 1 atom stereocenters. The molecule has 3 N–H and O–H groups in total. The fourth-order valence-electron chi connectivity index (χ4n) is 3.40. The number of aryl methyl sites for hydroxylation is 1. The second-order valence-corrected chi connectivity index (χ2v) is 8.86. The molecule has 8 nitrogen and oxygen atoms in total. The molecule has 0 bridgehead atoms. The van der Waals surface area contributed by atoms with Crippen LogP contribution in [0.2, 0.25) is 0 Å². The number of aliphatic carboxylic acids is 1. The highest BCUT2D eigenvalue weighted by atomic mass is 32.2. The number of hydrogen-bond acceptors (Lipinski definition) is 5. The monoisotopic (exact) mass is 456 g/mol. The maximum Gasteiger partial charge on any atom is 0.417 e. The van der Waals surface area contributed by atoms with Gasteiger partial charge in [0, 0.05) is 25.2 Å². The molecule has 3 aromatic heterocycles. The van der Waals surface area contributed by atoms with Crippen molar-refractivity contribution < 1.29 is 32.8 Å². The molecule has 12 heteroatoms. The highest BCUT2D eigenvalue weighted by Crippen LogP contribution is 2.49. The Morgan fingerprint density at radius 3 is 2.48 bits per heavy atom. The lowest BCUT2D eigenvalue weighted by molar-refractivity contribution is -0.140. The second-order valence-electron chi connectivity index (χ2n) is 7.15. The summed E-state index contributed by atoms with van der Waals surface area (Å²) in [4.78, 5) is 24.4. The first-order valence-corrected chi connectivity index (χ1v) is 10.4. The number of rotatable bonds is 5. The van der Waals surface area contributed by atoms with Crippen LogP contribution in [-0.2, 0) is 34.2 Å². The van der Waals surface area contributed by atoms with Crippen LogP contribution in [0.25, 0.3) is 22.7 Å². The normalized spacial score (nSPS) is 16.0. The summed E-state index contributed by atoms with van der Waals surface area (Å²) < 4.78 is 53.2. The van der Waals surface area contributed by atoms with E-state index in [0.29, 0.717) is 23.3 Å². The highest BCUT2D eigenvalue weighted by molar-refractivity contribution is 7.85. The van der Waals surface area contributed by atoms with Gasteiger partial charge in [-0.1, -0.05) is 6.92 Å². The lowest BCUT2D eigenvalue weighted by Crippen LogP contribution is -2.20. The number of pyridine rings is 2. The third-order valence-corrected chi connectivity index (χ3v) is 6.65. The van der Waals surface area contributed by atoms with E-state index in [1.54, 1.807) is 20.0 Å². The van der Waals surface area contributed by atoms with E-state index >= 15 is 0 Å². The van der Waals surface area contributed by atoms with Crippen LogP contribution < -0.4 is 0 Å². The topological polar surface area (TPSA) is 129 Å². The minimum atomic E-state index is -4.55. The zero-order valence-corrected chi connectivity index (χ0v) is 17.3. The number of hydrogen-bond donors (Lipinski definition) is 1. The van der Waals surface area contributed by atoms with Gasteiger partial charge >= 0.3 is 12.1 Å². The van der Waals surface area contributed by atoms with Gasteiger partial charge in [0.05, 0.1) is 26.7 Å². The maximum atomic E-state index is 13.0. The van der Waals surface area contributed by atoms with Crippen LogP contribution in [0.15, 0.2) is 29.4 Å². The molecule has 0 aliphatic heterocycles. The molecule has 1 fully saturated rings. The number of carboxylic acid groups (broad SMARTS) is 1. The fraction of sp³-hybridized carbons (Fsp3) is 0.368. The van der Waals surface area contributed by atoms with E-state index in [1.165, 1.54) is 10.8 Å². The number of imidazole rings is 1. The van der Waals surface area contributed by atoms with Crippen LogP contribution in [0.5, 0.6) is 0 Å². The molecule has 0 amide bonds. The van der Waals surface area contributed by atoms with Crippen LogP contribution in [0.3, 0.4) is 0 Å². The van der Waals surface area contributed by atoms with Gasteiger partial charge in [-0.15, -0.1) is 0 Å². The zero-order valence-electron chi connectivity index (χ0n) is 16.5. The molecule has 0 spiro atoms.